The normalized spacial score (nSPS) is 16.5. The van der Waals surface area contributed by atoms with Crippen molar-refractivity contribution in [2.75, 3.05) is 36.5 Å². The quantitative estimate of drug-likeness (QED) is 0.801. The lowest BCUT2D eigenvalue weighted by molar-refractivity contribution is -0.132. The Kier molecular flexibility index (Phi) is 5.79. The Morgan fingerprint density at radius 2 is 1.89 bits per heavy atom. The lowest BCUT2D eigenvalue weighted by Gasteiger charge is -2.20. The van der Waals surface area contributed by atoms with Crippen molar-refractivity contribution in [2.45, 2.75) is 20.3 Å². The molecular formula is C22H27N3O2. The van der Waals surface area contributed by atoms with Crippen LogP contribution >= 0.6 is 0 Å². The number of hydrogen-bond acceptors (Lipinski definition) is 3. The van der Waals surface area contributed by atoms with Crippen molar-refractivity contribution in [1.29, 1.82) is 0 Å². The summed E-state index contributed by atoms with van der Waals surface area (Å²) in [6, 6.07) is 16.0. The summed E-state index contributed by atoms with van der Waals surface area (Å²) in [7, 11) is 1.99. The zero-order valence-corrected chi connectivity index (χ0v) is 16.2. The summed E-state index contributed by atoms with van der Waals surface area (Å²) < 4.78 is 0. The topological polar surface area (TPSA) is 52.7 Å². The smallest absolute Gasteiger partial charge is 0.239 e. The molecule has 142 valence electrons. The summed E-state index contributed by atoms with van der Waals surface area (Å²) in [4.78, 5) is 29.0. The molecule has 1 fully saturated rings. The van der Waals surface area contributed by atoms with Crippen molar-refractivity contribution in [3.63, 3.8) is 0 Å². The number of carbonyl (C=O) groups excluding carboxylic acids is 2. The number of rotatable bonds is 6. The first kappa shape index (κ1) is 19.0. The molecule has 0 saturated carbocycles. The number of anilines is 2. The van der Waals surface area contributed by atoms with Gasteiger partial charge in [0.25, 0.3) is 0 Å². The molecule has 1 saturated heterocycles. The number of nitrogens with zero attached hydrogens (tertiary/aromatic N) is 2. The molecule has 5 heteroatoms. The summed E-state index contributed by atoms with van der Waals surface area (Å²) in [5.41, 5.74) is 4.33. The van der Waals surface area contributed by atoms with Crippen LogP contribution in [0.1, 0.15) is 17.5 Å². The average Bonchev–Trinajstić information content (AvgIpc) is 3.06. The predicted molar refractivity (Wildman–Crippen MR) is 109 cm³/mol. The predicted octanol–water partition coefficient (Wildman–Crippen LogP) is 2.91. The van der Waals surface area contributed by atoms with Crippen molar-refractivity contribution >= 4 is 23.2 Å². The largest absolute Gasteiger partial charge is 0.373 e. The molecule has 0 aliphatic carbocycles. The van der Waals surface area contributed by atoms with Crippen LogP contribution < -0.4 is 15.1 Å². The van der Waals surface area contributed by atoms with E-state index < -0.39 is 5.92 Å². The fourth-order valence-corrected chi connectivity index (χ4v) is 3.35. The third-order valence-corrected chi connectivity index (χ3v) is 5.27. The molecule has 0 spiro atoms. The van der Waals surface area contributed by atoms with E-state index in [1.807, 2.05) is 69.4 Å². The van der Waals surface area contributed by atoms with Gasteiger partial charge in [-0.05, 0) is 55.7 Å². The molecule has 1 unspecified atom stereocenters. The van der Waals surface area contributed by atoms with Gasteiger partial charge in [-0.15, -0.1) is 0 Å². The molecule has 1 aliphatic heterocycles. The summed E-state index contributed by atoms with van der Waals surface area (Å²) in [6.45, 7) is 5.87. The van der Waals surface area contributed by atoms with Crippen molar-refractivity contribution < 1.29 is 9.59 Å². The maximum atomic E-state index is 12.7. The Balaban J connectivity index is 1.53. The number of benzene rings is 2. The minimum Gasteiger partial charge on any atom is -0.373 e. The molecule has 2 aromatic carbocycles. The molecule has 1 aliphatic rings. The highest BCUT2D eigenvalue weighted by Crippen LogP contribution is 2.27. The molecule has 5 nitrogen and oxygen atoms in total. The highest BCUT2D eigenvalue weighted by Gasteiger charge is 2.37. The molecule has 0 aromatic heterocycles. The molecular weight excluding hydrogens is 338 g/mol. The third kappa shape index (κ3) is 4.30. The molecule has 1 heterocycles. The Hall–Kier alpha value is -2.82. The van der Waals surface area contributed by atoms with Gasteiger partial charge in [-0.25, -0.2) is 0 Å². The average molecular weight is 365 g/mol. The second-order valence-electron chi connectivity index (χ2n) is 7.15. The lowest BCUT2D eigenvalue weighted by atomic mass is 10.1. The monoisotopic (exact) mass is 365 g/mol. The zero-order chi connectivity index (χ0) is 19.4. The number of carbonyl (C=O) groups is 2. The number of amides is 2. The maximum absolute atomic E-state index is 12.7. The Morgan fingerprint density at radius 1 is 1.15 bits per heavy atom. The van der Waals surface area contributed by atoms with Crippen LogP contribution in [0.4, 0.5) is 11.4 Å². The zero-order valence-electron chi connectivity index (χ0n) is 16.2. The summed E-state index contributed by atoms with van der Waals surface area (Å²) in [6.07, 6.45) is 0.562. The first-order valence-electron chi connectivity index (χ1n) is 9.40. The van der Waals surface area contributed by atoms with Crippen LogP contribution in [0.3, 0.4) is 0 Å². The molecule has 2 aromatic rings. The Bertz CT molecular complexity index is 820. The number of para-hydroxylation sites is 1. The van der Waals surface area contributed by atoms with Crippen LogP contribution in [-0.4, -0.2) is 38.5 Å². The van der Waals surface area contributed by atoms with Gasteiger partial charge in [0.1, 0.15) is 5.92 Å². The van der Waals surface area contributed by atoms with E-state index in [2.05, 4.69) is 10.2 Å². The van der Waals surface area contributed by atoms with Crippen LogP contribution in [0.5, 0.6) is 0 Å². The van der Waals surface area contributed by atoms with E-state index >= 15 is 0 Å². The van der Waals surface area contributed by atoms with Gasteiger partial charge in [0.15, 0.2) is 0 Å². The molecule has 1 N–H and O–H groups in total. The highest BCUT2D eigenvalue weighted by molar-refractivity contribution is 6.09. The first-order valence-corrected chi connectivity index (χ1v) is 9.40. The number of aryl methyl sites for hydroxylation is 2. The highest BCUT2D eigenvalue weighted by atomic mass is 16.2. The van der Waals surface area contributed by atoms with Gasteiger partial charge in [-0.1, -0.05) is 24.3 Å². The fourth-order valence-electron chi connectivity index (χ4n) is 3.35. The minimum absolute atomic E-state index is 0.104. The van der Waals surface area contributed by atoms with Crippen LogP contribution in [0, 0.1) is 19.8 Å². The van der Waals surface area contributed by atoms with Crippen LogP contribution in [0.25, 0.3) is 0 Å². The van der Waals surface area contributed by atoms with Gasteiger partial charge in [0, 0.05) is 38.1 Å². The van der Waals surface area contributed by atoms with Gasteiger partial charge < -0.3 is 15.1 Å². The maximum Gasteiger partial charge on any atom is 0.239 e. The van der Waals surface area contributed by atoms with E-state index in [4.69, 9.17) is 0 Å². The third-order valence-electron chi connectivity index (χ3n) is 5.27. The summed E-state index contributed by atoms with van der Waals surface area (Å²) in [5, 5.41) is 2.92. The van der Waals surface area contributed by atoms with E-state index in [1.54, 1.807) is 4.90 Å². The molecule has 2 amide bonds. The standard InChI is InChI=1S/C22H27N3O2/c1-16-9-10-19(15-17(16)2)25-13-11-20(22(25)27)21(26)23-12-14-24(3)18-7-5-4-6-8-18/h4-10,15,20H,11-14H2,1-3H3,(H,23,26). The van der Waals surface area contributed by atoms with Crippen LogP contribution in [0.2, 0.25) is 0 Å². The first-order chi connectivity index (χ1) is 13.0. The van der Waals surface area contributed by atoms with Crippen molar-refractivity contribution in [3.8, 4) is 0 Å². The van der Waals surface area contributed by atoms with Gasteiger partial charge in [0.2, 0.25) is 11.8 Å². The van der Waals surface area contributed by atoms with Crippen molar-refractivity contribution in [3.05, 3.63) is 59.7 Å². The fraction of sp³-hybridized carbons (Fsp3) is 0.364. The molecule has 27 heavy (non-hydrogen) atoms. The second kappa shape index (κ2) is 8.25. The lowest BCUT2D eigenvalue weighted by Crippen LogP contribution is -2.40. The molecule has 3 rings (SSSR count). The Labute approximate surface area is 161 Å². The van der Waals surface area contributed by atoms with Crippen molar-refractivity contribution in [2.24, 2.45) is 5.92 Å². The van der Waals surface area contributed by atoms with Crippen LogP contribution in [0.15, 0.2) is 48.5 Å². The van der Waals surface area contributed by atoms with E-state index in [9.17, 15) is 9.59 Å². The van der Waals surface area contributed by atoms with Gasteiger partial charge in [-0.2, -0.15) is 0 Å². The second-order valence-corrected chi connectivity index (χ2v) is 7.15. The van der Waals surface area contributed by atoms with Crippen LogP contribution in [-0.2, 0) is 9.59 Å². The van der Waals surface area contributed by atoms with Gasteiger partial charge in [0.05, 0.1) is 0 Å². The molecule has 0 bridgehead atoms. The SMILES string of the molecule is Cc1ccc(N2CCC(C(=O)NCCN(C)c3ccccc3)C2=O)cc1C. The molecule has 1 atom stereocenters. The summed E-state index contributed by atoms with van der Waals surface area (Å²) in [5.74, 6) is -0.867. The van der Waals surface area contributed by atoms with E-state index in [-0.39, 0.29) is 11.8 Å². The van der Waals surface area contributed by atoms with E-state index in [0.29, 0.717) is 26.1 Å². The van der Waals surface area contributed by atoms with Gasteiger partial charge >= 0.3 is 0 Å². The molecule has 0 radical (unpaired) electrons. The number of hydrogen-bond donors (Lipinski definition) is 1. The number of likely N-dealkylation sites (N-methyl/N-ethyl adjacent to an activating group) is 1. The van der Waals surface area contributed by atoms with E-state index in [1.165, 1.54) is 5.56 Å². The number of nitrogens with one attached hydrogen (secondary N) is 1. The van der Waals surface area contributed by atoms with E-state index in [0.717, 1.165) is 16.9 Å². The Morgan fingerprint density at radius 3 is 2.59 bits per heavy atom. The minimum atomic E-state index is -0.589. The van der Waals surface area contributed by atoms with Crippen molar-refractivity contribution in [1.82, 2.24) is 5.32 Å². The van der Waals surface area contributed by atoms with Gasteiger partial charge in [-0.3, -0.25) is 9.59 Å². The summed E-state index contributed by atoms with van der Waals surface area (Å²) >= 11 is 0.